The van der Waals surface area contributed by atoms with Crippen molar-refractivity contribution in [3.63, 3.8) is 0 Å². The molecular formula is C17H34N2. The second-order valence-corrected chi connectivity index (χ2v) is 7.45. The Morgan fingerprint density at radius 2 is 1.58 bits per heavy atom. The molecule has 0 radical (unpaired) electrons. The van der Waals surface area contributed by atoms with E-state index in [1.807, 2.05) is 0 Å². The summed E-state index contributed by atoms with van der Waals surface area (Å²) in [5.41, 5.74) is 6.61. The SMILES string of the molecule is CC1CCC(N(C)CC2(CN)CCCCCC2)CC1. The molecule has 112 valence electrons. The molecule has 2 N–H and O–H groups in total. The fourth-order valence-electron chi connectivity index (χ4n) is 4.25. The molecule has 0 heterocycles. The van der Waals surface area contributed by atoms with Gasteiger partial charge >= 0.3 is 0 Å². The van der Waals surface area contributed by atoms with Crippen LogP contribution in [-0.2, 0) is 0 Å². The zero-order valence-electron chi connectivity index (χ0n) is 13.2. The Bertz CT molecular complexity index is 248. The number of nitrogens with two attached hydrogens (primary N) is 1. The van der Waals surface area contributed by atoms with Crippen LogP contribution in [0.15, 0.2) is 0 Å². The molecular weight excluding hydrogens is 232 g/mol. The van der Waals surface area contributed by atoms with Crippen molar-refractivity contribution in [1.29, 1.82) is 0 Å². The molecule has 0 bridgehead atoms. The molecule has 0 aromatic rings. The summed E-state index contributed by atoms with van der Waals surface area (Å²) in [5.74, 6) is 0.950. The lowest BCUT2D eigenvalue weighted by molar-refractivity contribution is 0.0962. The monoisotopic (exact) mass is 266 g/mol. The third-order valence-electron chi connectivity index (χ3n) is 5.79. The third kappa shape index (κ3) is 4.19. The van der Waals surface area contributed by atoms with Crippen LogP contribution in [0.1, 0.15) is 71.1 Å². The van der Waals surface area contributed by atoms with Crippen LogP contribution in [0.5, 0.6) is 0 Å². The van der Waals surface area contributed by atoms with Crippen LogP contribution in [0, 0.1) is 11.3 Å². The molecule has 0 unspecified atom stereocenters. The summed E-state index contributed by atoms with van der Waals surface area (Å²) >= 11 is 0. The van der Waals surface area contributed by atoms with Gasteiger partial charge in [0.2, 0.25) is 0 Å². The van der Waals surface area contributed by atoms with Crippen LogP contribution < -0.4 is 5.73 Å². The highest BCUT2D eigenvalue weighted by Gasteiger charge is 2.33. The zero-order chi connectivity index (χ0) is 13.7. The first kappa shape index (κ1) is 15.3. The van der Waals surface area contributed by atoms with E-state index in [2.05, 4.69) is 18.9 Å². The minimum atomic E-state index is 0.425. The van der Waals surface area contributed by atoms with Crippen molar-refractivity contribution in [2.24, 2.45) is 17.1 Å². The van der Waals surface area contributed by atoms with Crippen molar-refractivity contribution in [1.82, 2.24) is 4.90 Å². The van der Waals surface area contributed by atoms with E-state index in [-0.39, 0.29) is 0 Å². The van der Waals surface area contributed by atoms with Gasteiger partial charge in [0.05, 0.1) is 0 Å². The van der Waals surface area contributed by atoms with Gasteiger partial charge in [-0.15, -0.1) is 0 Å². The summed E-state index contributed by atoms with van der Waals surface area (Å²) in [6, 6.07) is 0.822. The number of rotatable bonds is 4. The Labute approximate surface area is 120 Å². The molecule has 2 nitrogen and oxygen atoms in total. The van der Waals surface area contributed by atoms with Gasteiger partial charge in [-0.3, -0.25) is 0 Å². The minimum Gasteiger partial charge on any atom is -0.330 e. The van der Waals surface area contributed by atoms with Gasteiger partial charge in [0.15, 0.2) is 0 Å². The molecule has 2 rings (SSSR count). The average molecular weight is 266 g/mol. The first-order valence-electron chi connectivity index (χ1n) is 8.55. The van der Waals surface area contributed by atoms with E-state index in [1.54, 1.807) is 0 Å². The van der Waals surface area contributed by atoms with E-state index in [4.69, 9.17) is 5.73 Å². The first-order valence-corrected chi connectivity index (χ1v) is 8.55. The molecule has 2 fully saturated rings. The molecule has 0 aliphatic heterocycles. The van der Waals surface area contributed by atoms with Gasteiger partial charge in [-0.25, -0.2) is 0 Å². The normalized spacial score (nSPS) is 32.2. The molecule has 2 aliphatic carbocycles. The predicted octanol–water partition coefficient (Wildman–Crippen LogP) is 3.80. The molecule has 0 aromatic carbocycles. The fraction of sp³-hybridized carbons (Fsp3) is 1.00. The van der Waals surface area contributed by atoms with Crippen LogP contribution in [0.4, 0.5) is 0 Å². The summed E-state index contributed by atoms with van der Waals surface area (Å²) in [6.45, 7) is 4.53. The maximum atomic E-state index is 6.18. The van der Waals surface area contributed by atoms with Crippen molar-refractivity contribution in [3.8, 4) is 0 Å². The Kier molecular flexibility index (Phi) is 5.70. The maximum absolute atomic E-state index is 6.18. The van der Waals surface area contributed by atoms with Gasteiger partial charge < -0.3 is 10.6 Å². The summed E-state index contributed by atoms with van der Waals surface area (Å²) in [5, 5.41) is 0. The summed E-state index contributed by atoms with van der Waals surface area (Å²) in [4.78, 5) is 2.66. The van der Waals surface area contributed by atoms with E-state index in [0.717, 1.165) is 18.5 Å². The van der Waals surface area contributed by atoms with E-state index in [1.165, 1.54) is 70.8 Å². The topological polar surface area (TPSA) is 29.3 Å². The van der Waals surface area contributed by atoms with Gasteiger partial charge in [-0.2, -0.15) is 0 Å². The standard InChI is InChI=1S/C17H34N2/c1-15-7-9-16(10-8-15)19(2)14-17(13-18)11-5-3-4-6-12-17/h15-16H,3-14,18H2,1-2H3. The molecule has 0 saturated heterocycles. The molecule has 0 amide bonds. The highest BCUT2D eigenvalue weighted by molar-refractivity contribution is 4.88. The lowest BCUT2D eigenvalue weighted by Crippen LogP contribution is -2.45. The van der Waals surface area contributed by atoms with E-state index in [0.29, 0.717) is 5.41 Å². The predicted molar refractivity (Wildman–Crippen MR) is 83.2 cm³/mol. The van der Waals surface area contributed by atoms with E-state index in [9.17, 15) is 0 Å². The summed E-state index contributed by atoms with van der Waals surface area (Å²) in [7, 11) is 2.35. The molecule has 0 aromatic heterocycles. The van der Waals surface area contributed by atoms with E-state index >= 15 is 0 Å². The lowest BCUT2D eigenvalue weighted by Gasteiger charge is -2.41. The molecule has 2 aliphatic rings. The highest BCUT2D eigenvalue weighted by Crippen LogP contribution is 2.36. The molecule has 0 spiro atoms. The fourth-order valence-corrected chi connectivity index (χ4v) is 4.25. The quantitative estimate of drug-likeness (QED) is 0.784. The van der Waals surface area contributed by atoms with Crippen LogP contribution in [0.25, 0.3) is 0 Å². The Hall–Kier alpha value is -0.0800. The maximum Gasteiger partial charge on any atom is 0.00926 e. The second-order valence-electron chi connectivity index (χ2n) is 7.45. The number of hydrogen-bond acceptors (Lipinski definition) is 2. The van der Waals surface area contributed by atoms with E-state index < -0.39 is 0 Å². The molecule has 2 saturated carbocycles. The first-order chi connectivity index (χ1) is 9.15. The van der Waals surface area contributed by atoms with Crippen molar-refractivity contribution in [2.75, 3.05) is 20.1 Å². The number of hydrogen-bond donors (Lipinski definition) is 1. The lowest BCUT2D eigenvalue weighted by atomic mass is 9.78. The Balaban J connectivity index is 1.89. The van der Waals surface area contributed by atoms with Gasteiger partial charge in [-0.05, 0) is 63.5 Å². The molecule has 19 heavy (non-hydrogen) atoms. The average Bonchev–Trinajstić information content (AvgIpc) is 2.65. The highest BCUT2D eigenvalue weighted by atomic mass is 15.1. The Morgan fingerprint density at radius 1 is 1.00 bits per heavy atom. The minimum absolute atomic E-state index is 0.425. The van der Waals surface area contributed by atoms with Crippen LogP contribution in [0.3, 0.4) is 0 Å². The molecule has 0 atom stereocenters. The van der Waals surface area contributed by atoms with Crippen molar-refractivity contribution >= 4 is 0 Å². The molecule has 2 heteroatoms. The second kappa shape index (κ2) is 7.08. The van der Waals surface area contributed by atoms with Gasteiger partial charge in [0.25, 0.3) is 0 Å². The van der Waals surface area contributed by atoms with Crippen LogP contribution >= 0.6 is 0 Å². The van der Waals surface area contributed by atoms with Crippen molar-refractivity contribution in [3.05, 3.63) is 0 Å². The van der Waals surface area contributed by atoms with Crippen LogP contribution in [-0.4, -0.2) is 31.1 Å². The summed E-state index contributed by atoms with van der Waals surface area (Å²) < 4.78 is 0. The summed E-state index contributed by atoms with van der Waals surface area (Å²) in [6.07, 6.45) is 14.0. The van der Waals surface area contributed by atoms with Gasteiger partial charge in [0, 0.05) is 12.6 Å². The third-order valence-corrected chi connectivity index (χ3v) is 5.79. The smallest absolute Gasteiger partial charge is 0.00926 e. The van der Waals surface area contributed by atoms with Crippen molar-refractivity contribution in [2.45, 2.75) is 77.2 Å². The largest absolute Gasteiger partial charge is 0.330 e. The number of nitrogens with zero attached hydrogens (tertiary/aromatic N) is 1. The van der Waals surface area contributed by atoms with Crippen molar-refractivity contribution < 1.29 is 0 Å². The Morgan fingerprint density at radius 3 is 2.11 bits per heavy atom. The van der Waals surface area contributed by atoms with Gasteiger partial charge in [0.1, 0.15) is 0 Å². The van der Waals surface area contributed by atoms with Crippen LogP contribution in [0.2, 0.25) is 0 Å². The zero-order valence-corrected chi connectivity index (χ0v) is 13.2. The van der Waals surface area contributed by atoms with Gasteiger partial charge in [-0.1, -0.05) is 32.6 Å².